The molecule has 6 heteroatoms. The van der Waals surface area contributed by atoms with Gasteiger partial charge in [0.05, 0.1) is 0 Å². The third-order valence-electron chi connectivity index (χ3n) is 6.93. The molecule has 2 saturated heterocycles. The van der Waals surface area contributed by atoms with Crippen molar-refractivity contribution in [3.63, 3.8) is 0 Å². The average molecular weight is 373 g/mol. The third-order valence-corrected chi connectivity index (χ3v) is 6.93. The first kappa shape index (κ1) is 18.8. The van der Waals surface area contributed by atoms with Crippen LogP contribution in [0.1, 0.15) is 48.2 Å². The minimum absolute atomic E-state index is 0.326. The smallest absolute Gasteiger partial charge is 0.267 e. The number of fused-ring (bicyclic) bond motifs is 2. The maximum absolute atomic E-state index is 11.6. The Hall–Kier alpha value is -1.50. The van der Waals surface area contributed by atoms with E-state index in [4.69, 9.17) is 15.2 Å². The molecule has 2 bridgehead atoms. The molecule has 1 aromatic heterocycles. The van der Waals surface area contributed by atoms with Crippen LogP contribution in [0.25, 0.3) is 0 Å². The molecule has 1 unspecified atom stereocenters. The number of primary amides is 1. The molecule has 3 fully saturated rings. The van der Waals surface area contributed by atoms with E-state index in [0.29, 0.717) is 17.5 Å². The predicted octanol–water partition coefficient (Wildman–Crippen LogP) is 2.18. The van der Waals surface area contributed by atoms with Crippen molar-refractivity contribution >= 4 is 5.91 Å². The van der Waals surface area contributed by atoms with Crippen LogP contribution >= 0.6 is 0 Å². The maximum Gasteiger partial charge on any atom is 0.267 e. The molecule has 6 nitrogen and oxygen atoms in total. The van der Waals surface area contributed by atoms with E-state index >= 15 is 0 Å². The number of carbonyl (C=O) groups excluding carboxylic acids is 1. The fourth-order valence-corrected chi connectivity index (χ4v) is 5.70. The fourth-order valence-electron chi connectivity index (χ4n) is 5.70. The number of aromatic nitrogens is 1. The average Bonchev–Trinajstić information content (AvgIpc) is 2.68. The lowest BCUT2D eigenvalue weighted by Gasteiger charge is -2.56. The van der Waals surface area contributed by atoms with Crippen molar-refractivity contribution in [2.45, 2.75) is 37.7 Å². The van der Waals surface area contributed by atoms with Crippen LogP contribution in [0.3, 0.4) is 0 Å². The topological polar surface area (TPSA) is 77.7 Å². The van der Waals surface area contributed by atoms with Crippen LogP contribution in [0.15, 0.2) is 18.3 Å². The molecule has 2 aliphatic heterocycles. The third kappa shape index (κ3) is 3.50. The number of pyridine rings is 1. The molecule has 0 spiro atoms. The molecule has 4 rings (SSSR count). The number of methoxy groups -OCH3 is 1. The number of carbonyl (C=O) groups is 1. The largest absolute Gasteiger partial charge is 0.381 e. The molecule has 3 aliphatic rings. The maximum atomic E-state index is 11.6. The van der Waals surface area contributed by atoms with Crippen LogP contribution in [0.5, 0.6) is 0 Å². The number of hydrogen-bond acceptors (Lipinski definition) is 5. The number of piperidine rings is 1. The van der Waals surface area contributed by atoms with E-state index in [-0.39, 0.29) is 5.60 Å². The molecule has 148 valence electrons. The lowest BCUT2D eigenvalue weighted by Crippen LogP contribution is -2.59. The molecule has 3 heterocycles. The van der Waals surface area contributed by atoms with Crippen molar-refractivity contribution in [1.29, 1.82) is 0 Å². The number of nitrogens with two attached hydrogens (primary N) is 1. The van der Waals surface area contributed by atoms with Crippen LogP contribution in [0.4, 0.5) is 0 Å². The zero-order valence-corrected chi connectivity index (χ0v) is 16.2. The van der Waals surface area contributed by atoms with Crippen LogP contribution in [0.2, 0.25) is 0 Å². The summed E-state index contributed by atoms with van der Waals surface area (Å²) in [4.78, 5) is 18.4. The second kappa shape index (κ2) is 7.86. The molecule has 3 atom stereocenters. The number of likely N-dealkylation sites (tertiary alicyclic amines) is 1. The van der Waals surface area contributed by atoms with Gasteiger partial charge in [0.1, 0.15) is 11.3 Å². The summed E-state index contributed by atoms with van der Waals surface area (Å²) in [5.41, 5.74) is 6.53. The summed E-state index contributed by atoms with van der Waals surface area (Å²) in [6.45, 7) is 5.07. The first-order chi connectivity index (χ1) is 13.1. The SMILES string of the molecule is COC1(c2ccnc(C(N)=O)c2)[C@@H]2CCC[C@H]1CN(CC1CCOCC1)C2. The standard InChI is InChI=1S/C21H31N3O3/c1-26-21(16-5-8-23-19(11-16)20(22)25)17-3-2-4-18(21)14-24(13-17)12-15-6-9-27-10-7-15/h5,8,11,15,17-18H,2-4,6-7,9-10,12-14H2,1H3,(H2,22,25)/t17-,18+,21?. The molecule has 1 aliphatic carbocycles. The summed E-state index contributed by atoms with van der Waals surface area (Å²) in [7, 11) is 1.82. The molecular formula is C21H31N3O3. The van der Waals surface area contributed by atoms with Crippen molar-refractivity contribution in [3.8, 4) is 0 Å². The molecule has 1 aromatic rings. The fraction of sp³-hybridized carbons (Fsp3) is 0.714. The van der Waals surface area contributed by atoms with Gasteiger partial charge in [0.15, 0.2) is 0 Å². The van der Waals surface area contributed by atoms with Crippen LogP contribution in [-0.4, -0.2) is 55.7 Å². The number of amides is 1. The van der Waals surface area contributed by atoms with Gasteiger partial charge in [-0.15, -0.1) is 0 Å². The van der Waals surface area contributed by atoms with E-state index < -0.39 is 5.91 Å². The van der Waals surface area contributed by atoms with E-state index in [1.165, 1.54) is 25.8 Å². The number of nitrogens with zero attached hydrogens (tertiary/aromatic N) is 2. The molecule has 1 amide bonds. The van der Waals surface area contributed by atoms with Gasteiger partial charge in [-0.1, -0.05) is 6.42 Å². The lowest BCUT2D eigenvalue weighted by atomic mass is 9.62. The Morgan fingerprint density at radius 2 is 2.00 bits per heavy atom. The van der Waals surface area contributed by atoms with Gasteiger partial charge in [0.2, 0.25) is 0 Å². The summed E-state index contributed by atoms with van der Waals surface area (Å²) < 4.78 is 11.8. The second-order valence-electron chi connectivity index (χ2n) is 8.39. The quantitative estimate of drug-likeness (QED) is 0.856. The monoisotopic (exact) mass is 373 g/mol. The normalized spacial score (nSPS) is 32.3. The van der Waals surface area contributed by atoms with Crippen LogP contribution in [0, 0.1) is 17.8 Å². The molecule has 0 aromatic carbocycles. The van der Waals surface area contributed by atoms with Gasteiger partial charge in [-0.05, 0) is 49.3 Å². The first-order valence-corrected chi connectivity index (χ1v) is 10.2. The van der Waals surface area contributed by atoms with E-state index in [9.17, 15) is 4.79 Å². The predicted molar refractivity (Wildman–Crippen MR) is 102 cm³/mol. The van der Waals surface area contributed by atoms with Crippen LogP contribution in [-0.2, 0) is 15.1 Å². The van der Waals surface area contributed by atoms with Gasteiger partial charge in [-0.3, -0.25) is 9.78 Å². The molecule has 1 saturated carbocycles. The highest BCUT2D eigenvalue weighted by atomic mass is 16.5. The van der Waals surface area contributed by atoms with Crippen molar-refractivity contribution in [1.82, 2.24) is 9.88 Å². The van der Waals surface area contributed by atoms with E-state index in [2.05, 4.69) is 9.88 Å². The Balaban J connectivity index is 1.58. The summed E-state index contributed by atoms with van der Waals surface area (Å²) in [5.74, 6) is 1.12. The minimum atomic E-state index is -0.481. The first-order valence-electron chi connectivity index (χ1n) is 10.2. The van der Waals surface area contributed by atoms with Gasteiger partial charge in [-0.2, -0.15) is 0 Å². The Labute approximate surface area is 161 Å². The van der Waals surface area contributed by atoms with Gasteiger partial charge >= 0.3 is 0 Å². The van der Waals surface area contributed by atoms with Crippen molar-refractivity contribution in [3.05, 3.63) is 29.6 Å². The highest BCUT2D eigenvalue weighted by molar-refractivity contribution is 5.90. The summed E-state index contributed by atoms with van der Waals surface area (Å²) >= 11 is 0. The summed E-state index contributed by atoms with van der Waals surface area (Å²) in [6.07, 6.45) is 7.60. The van der Waals surface area contributed by atoms with Crippen LogP contribution < -0.4 is 5.73 Å². The van der Waals surface area contributed by atoms with Gasteiger partial charge in [0.25, 0.3) is 5.91 Å². The lowest BCUT2D eigenvalue weighted by molar-refractivity contribution is -0.171. The Morgan fingerprint density at radius 3 is 2.63 bits per heavy atom. The van der Waals surface area contributed by atoms with Crippen molar-refractivity contribution in [2.24, 2.45) is 23.5 Å². The highest BCUT2D eigenvalue weighted by Gasteiger charge is 2.53. The second-order valence-corrected chi connectivity index (χ2v) is 8.39. The van der Waals surface area contributed by atoms with E-state index in [1.807, 2.05) is 19.2 Å². The summed E-state index contributed by atoms with van der Waals surface area (Å²) in [5, 5.41) is 0. The highest BCUT2D eigenvalue weighted by Crippen LogP contribution is 2.51. The van der Waals surface area contributed by atoms with E-state index in [0.717, 1.165) is 50.6 Å². The number of ether oxygens (including phenoxy) is 2. The van der Waals surface area contributed by atoms with Crippen molar-refractivity contribution in [2.75, 3.05) is 40.0 Å². The van der Waals surface area contributed by atoms with E-state index in [1.54, 1.807) is 6.20 Å². The Bertz CT molecular complexity index is 660. The number of hydrogen-bond donors (Lipinski definition) is 1. The minimum Gasteiger partial charge on any atom is -0.381 e. The summed E-state index contributed by atoms with van der Waals surface area (Å²) in [6, 6.07) is 3.86. The Morgan fingerprint density at radius 1 is 1.30 bits per heavy atom. The zero-order chi connectivity index (χ0) is 18.9. The molecule has 0 radical (unpaired) electrons. The van der Waals surface area contributed by atoms with Gasteiger partial charge < -0.3 is 20.1 Å². The van der Waals surface area contributed by atoms with Crippen molar-refractivity contribution < 1.29 is 14.3 Å². The zero-order valence-electron chi connectivity index (χ0n) is 16.2. The van der Waals surface area contributed by atoms with Gasteiger partial charge in [-0.25, -0.2) is 0 Å². The molecule has 2 N–H and O–H groups in total. The molecular weight excluding hydrogens is 342 g/mol. The molecule has 27 heavy (non-hydrogen) atoms. The van der Waals surface area contributed by atoms with Gasteiger partial charge in [0, 0.05) is 58.0 Å². The number of rotatable bonds is 5. The Kier molecular flexibility index (Phi) is 5.48.